The second kappa shape index (κ2) is 9.44. The Hall–Kier alpha value is -2.65. The van der Waals surface area contributed by atoms with Crippen molar-refractivity contribution in [3.8, 4) is 5.69 Å². The first-order chi connectivity index (χ1) is 14.6. The summed E-state index contributed by atoms with van der Waals surface area (Å²) in [6, 6.07) is 11.8. The average molecular weight is 427 g/mol. The molecule has 3 heterocycles. The van der Waals surface area contributed by atoms with Crippen LogP contribution in [0, 0.1) is 6.92 Å². The first kappa shape index (κ1) is 20.6. The minimum Gasteiger partial charge on any atom is -0.360 e. The van der Waals surface area contributed by atoms with Gasteiger partial charge in [0.15, 0.2) is 16.8 Å². The van der Waals surface area contributed by atoms with Gasteiger partial charge < -0.3 is 9.84 Å². The predicted molar refractivity (Wildman–Crippen MR) is 116 cm³/mol. The summed E-state index contributed by atoms with van der Waals surface area (Å²) in [5.74, 6) is 1.80. The number of nitrogens with one attached hydrogen (secondary N) is 1. The van der Waals surface area contributed by atoms with Gasteiger partial charge in [0.05, 0.1) is 11.8 Å². The minimum absolute atomic E-state index is 0.159. The fourth-order valence-electron chi connectivity index (χ4n) is 3.50. The van der Waals surface area contributed by atoms with Crippen LogP contribution in [0.15, 0.2) is 46.1 Å². The fourth-order valence-corrected chi connectivity index (χ4v) is 4.38. The Labute approximate surface area is 180 Å². The van der Waals surface area contributed by atoms with Crippen LogP contribution in [-0.2, 0) is 11.3 Å². The summed E-state index contributed by atoms with van der Waals surface area (Å²) in [4.78, 5) is 15.0. The first-order valence-corrected chi connectivity index (χ1v) is 11.1. The van der Waals surface area contributed by atoms with Gasteiger partial charge in [-0.25, -0.2) is 0 Å². The minimum atomic E-state index is -0.378. The molecule has 1 atom stereocenters. The number of amides is 1. The van der Waals surface area contributed by atoms with E-state index in [2.05, 4.69) is 30.1 Å². The van der Waals surface area contributed by atoms with Gasteiger partial charge in [0.2, 0.25) is 5.91 Å². The van der Waals surface area contributed by atoms with Gasteiger partial charge in [-0.1, -0.05) is 41.5 Å². The number of nitrogens with zero attached hydrogens (tertiary/aromatic N) is 5. The number of piperidine rings is 1. The summed E-state index contributed by atoms with van der Waals surface area (Å²) in [5, 5.41) is 15.8. The Morgan fingerprint density at radius 2 is 1.97 bits per heavy atom. The highest BCUT2D eigenvalue weighted by Crippen LogP contribution is 2.27. The maximum absolute atomic E-state index is 12.6. The van der Waals surface area contributed by atoms with Crippen molar-refractivity contribution in [1.82, 2.24) is 24.8 Å². The maximum Gasteiger partial charge on any atom is 0.238 e. The largest absolute Gasteiger partial charge is 0.360 e. The van der Waals surface area contributed by atoms with Crippen LogP contribution in [0.3, 0.4) is 0 Å². The van der Waals surface area contributed by atoms with E-state index in [1.54, 1.807) is 13.0 Å². The monoisotopic (exact) mass is 426 g/mol. The molecule has 2 aromatic heterocycles. The molecule has 1 saturated heterocycles. The molecule has 0 bridgehead atoms. The molecule has 0 saturated carbocycles. The summed E-state index contributed by atoms with van der Waals surface area (Å²) in [7, 11) is 0. The van der Waals surface area contributed by atoms with Crippen molar-refractivity contribution in [3.05, 3.63) is 48.0 Å². The molecule has 1 N–H and O–H groups in total. The average Bonchev–Trinajstić information content (AvgIpc) is 3.35. The third-order valence-electron chi connectivity index (χ3n) is 5.06. The fraction of sp³-hybridized carbons (Fsp3) is 0.429. The molecule has 1 fully saturated rings. The molecule has 1 aromatic carbocycles. The molecule has 4 rings (SSSR count). The van der Waals surface area contributed by atoms with E-state index in [0.717, 1.165) is 31.1 Å². The zero-order valence-electron chi connectivity index (χ0n) is 17.2. The Morgan fingerprint density at radius 1 is 1.20 bits per heavy atom. The lowest BCUT2D eigenvalue weighted by Crippen LogP contribution is -2.30. The van der Waals surface area contributed by atoms with E-state index in [1.807, 2.05) is 37.3 Å². The van der Waals surface area contributed by atoms with E-state index in [1.165, 1.54) is 31.0 Å². The van der Waals surface area contributed by atoms with E-state index >= 15 is 0 Å². The number of hydrogen-bond acceptors (Lipinski definition) is 7. The van der Waals surface area contributed by atoms with Crippen molar-refractivity contribution < 1.29 is 9.32 Å². The zero-order chi connectivity index (χ0) is 20.9. The van der Waals surface area contributed by atoms with E-state index in [9.17, 15) is 4.79 Å². The number of para-hydroxylation sites is 1. The van der Waals surface area contributed by atoms with Crippen LogP contribution in [-0.4, -0.2) is 49.1 Å². The van der Waals surface area contributed by atoms with Gasteiger partial charge in [0.25, 0.3) is 0 Å². The molecule has 0 radical (unpaired) electrons. The van der Waals surface area contributed by atoms with Crippen molar-refractivity contribution >= 4 is 23.5 Å². The number of likely N-dealkylation sites (tertiary alicyclic amines) is 1. The van der Waals surface area contributed by atoms with Gasteiger partial charge in [-0.3, -0.25) is 14.3 Å². The summed E-state index contributed by atoms with van der Waals surface area (Å²) in [6.45, 7) is 6.55. The smallest absolute Gasteiger partial charge is 0.238 e. The molecule has 0 aliphatic carbocycles. The molecule has 3 aromatic rings. The second-order valence-electron chi connectivity index (χ2n) is 7.48. The highest BCUT2D eigenvalue weighted by molar-refractivity contribution is 8.00. The van der Waals surface area contributed by atoms with E-state index in [0.29, 0.717) is 16.7 Å². The number of anilines is 1. The number of carbonyl (C=O) groups is 1. The lowest BCUT2D eigenvalue weighted by atomic mass is 10.1. The molecule has 30 heavy (non-hydrogen) atoms. The van der Waals surface area contributed by atoms with Crippen LogP contribution in [0.1, 0.15) is 37.8 Å². The van der Waals surface area contributed by atoms with Crippen LogP contribution in [0.5, 0.6) is 0 Å². The van der Waals surface area contributed by atoms with Gasteiger partial charge in [-0.2, -0.15) is 0 Å². The number of rotatable bonds is 7. The van der Waals surface area contributed by atoms with Gasteiger partial charge in [-0.15, -0.1) is 10.2 Å². The van der Waals surface area contributed by atoms with Gasteiger partial charge >= 0.3 is 0 Å². The second-order valence-corrected chi connectivity index (χ2v) is 8.79. The van der Waals surface area contributed by atoms with Crippen molar-refractivity contribution in [3.63, 3.8) is 0 Å². The zero-order valence-corrected chi connectivity index (χ0v) is 18.1. The van der Waals surface area contributed by atoms with E-state index < -0.39 is 0 Å². The van der Waals surface area contributed by atoms with Crippen molar-refractivity contribution in [2.45, 2.75) is 50.1 Å². The van der Waals surface area contributed by atoms with Crippen LogP contribution in [0.4, 0.5) is 5.82 Å². The maximum atomic E-state index is 12.6. The number of aryl methyl sites for hydroxylation is 1. The first-order valence-electron chi connectivity index (χ1n) is 10.2. The van der Waals surface area contributed by atoms with Crippen LogP contribution in [0.25, 0.3) is 5.69 Å². The summed E-state index contributed by atoms with van der Waals surface area (Å²) in [6.07, 6.45) is 3.74. The number of benzene rings is 1. The number of thioether (sulfide) groups is 1. The molecular formula is C21H26N6O2S. The van der Waals surface area contributed by atoms with Crippen LogP contribution < -0.4 is 5.32 Å². The predicted octanol–water partition coefficient (Wildman–Crippen LogP) is 3.67. The Kier molecular flexibility index (Phi) is 6.49. The lowest BCUT2D eigenvalue weighted by molar-refractivity contribution is -0.115. The van der Waals surface area contributed by atoms with Crippen molar-refractivity contribution in [1.29, 1.82) is 0 Å². The van der Waals surface area contributed by atoms with Crippen molar-refractivity contribution in [2.75, 3.05) is 18.4 Å². The summed E-state index contributed by atoms with van der Waals surface area (Å²) in [5.41, 5.74) is 0.997. The molecule has 8 nitrogen and oxygen atoms in total. The number of aromatic nitrogens is 4. The third-order valence-corrected chi connectivity index (χ3v) is 6.10. The molecule has 1 aliphatic heterocycles. The standard InChI is InChI=1S/C21H26N6O2S/c1-15-13-18(25-29-15)22-20(28)16(2)30-21-24-23-19(14-26-11-7-4-8-12-26)27(21)17-9-5-3-6-10-17/h3,5-6,9-10,13,16H,4,7-8,11-12,14H2,1-2H3,(H,22,25,28)/t16-/m1/s1. The van der Waals surface area contributed by atoms with Crippen molar-refractivity contribution in [2.24, 2.45) is 0 Å². The van der Waals surface area contributed by atoms with Gasteiger partial charge in [-0.05, 0) is 51.9 Å². The van der Waals surface area contributed by atoms with Gasteiger partial charge in [0, 0.05) is 11.8 Å². The molecule has 9 heteroatoms. The molecular weight excluding hydrogens is 400 g/mol. The third kappa shape index (κ3) is 4.91. The van der Waals surface area contributed by atoms with Crippen LogP contribution >= 0.6 is 11.8 Å². The quantitative estimate of drug-likeness (QED) is 0.577. The molecule has 158 valence electrons. The van der Waals surface area contributed by atoms with Gasteiger partial charge in [0.1, 0.15) is 5.76 Å². The highest BCUT2D eigenvalue weighted by Gasteiger charge is 2.23. The SMILES string of the molecule is Cc1cc(NC(=O)[C@@H](C)Sc2nnc(CN3CCCCC3)n2-c2ccccc2)no1. The summed E-state index contributed by atoms with van der Waals surface area (Å²) >= 11 is 1.38. The molecule has 1 aliphatic rings. The Morgan fingerprint density at radius 3 is 2.67 bits per heavy atom. The van der Waals surface area contributed by atoms with E-state index in [-0.39, 0.29) is 11.2 Å². The topological polar surface area (TPSA) is 89.1 Å². The summed E-state index contributed by atoms with van der Waals surface area (Å²) < 4.78 is 7.07. The molecule has 0 spiro atoms. The van der Waals surface area contributed by atoms with Crippen LogP contribution in [0.2, 0.25) is 0 Å². The number of carbonyl (C=O) groups excluding carboxylic acids is 1. The molecule has 0 unspecified atom stereocenters. The number of hydrogen-bond donors (Lipinski definition) is 1. The highest BCUT2D eigenvalue weighted by atomic mass is 32.2. The lowest BCUT2D eigenvalue weighted by Gasteiger charge is -2.26. The molecule has 1 amide bonds. The van der Waals surface area contributed by atoms with E-state index in [4.69, 9.17) is 4.52 Å². The Bertz CT molecular complexity index is 981. The normalized spacial score (nSPS) is 15.8. The Balaban J connectivity index is 1.53.